The number of hydrogen-bond acceptors (Lipinski definition) is 3. The van der Waals surface area contributed by atoms with Gasteiger partial charge in [0.15, 0.2) is 0 Å². The van der Waals surface area contributed by atoms with Crippen LogP contribution < -0.4 is 10.2 Å². The molecule has 0 aromatic heterocycles. The smallest absolute Gasteiger partial charge is 0.223 e. The molecule has 1 aromatic carbocycles. The third-order valence-corrected chi connectivity index (χ3v) is 3.39. The fourth-order valence-corrected chi connectivity index (χ4v) is 2.12. The Balaban J connectivity index is 2.43. The van der Waals surface area contributed by atoms with Crippen LogP contribution in [0.25, 0.3) is 0 Å². The van der Waals surface area contributed by atoms with E-state index in [1.165, 1.54) is 6.92 Å². The normalized spacial score (nSPS) is 10.6. The standard InChI is InChI=1S/C17H27N3O2/c1-14-6-8-16(9-7-14)20(15(2)21)13-10-17(22)18-11-5-12-19(3)4/h6-9H,5,10-13H2,1-4H3,(H,18,22). The van der Waals surface area contributed by atoms with Crippen LogP contribution in [0.2, 0.25) is 0 Å². The van der Waals surface area contributed by atoms with Crippen LogP contribution >= 0.6 is 0 Å². The molecule has 0 aliphatic rings. The molecule has 0 spiro atoms. The van der Waals surface area contributed by atoms with E-state index < -0.39 is 0 Å². The first-order chi connectivity index (χ1) is 10.4. The molecule has 0 aliphatic carbocycles. The Bertz CT molecular complexity index is 483. The Morgan fingerprint density at radius 1 is 1.09 bits per heavy atom. The predicted octanol–water partition coefficient (Wildman–Crippen LogP) is 1.81. The minimum Gasteiger partial charge on any atom is -0.356 e. The molecule has 0 saturated carbocycles. The molecule has 0 aliphatic heterocycles. The molecule has 0 radical (unpaired) electrons. The van der Waals surface area contributed by atoms with E-state index in [9.17, 15) is 9.59 Å². The molecule has 0 heterocycles. The van der Waals surface area contributed by atoms with Gasteiger partial charge >= 0.3 is 0 Å². The largest absolute Gasteiger partial charge is 0.356 e. The number of carbonyl (C=O) groups excluding carboxylic acids is 2. The van der Waals surface area contributed by atoms with E-state index >= 15 is 0 Å². The summed E-state index contributed by atoms with van der Waals surface area (Å²) in [5.74, 6) is -0.0682. The van der Waals surface area contributed by atoms with Crippen LogP contribution in [0.1, 0.15) is 25.3 Å². The number of hydrogen-bond donors (Lipinski definition) is 1. The Morgan fingerprint density at radius 2 is 1.73 bits per heavy atom. The number of amides is 2. The van der Waals surface area contributed by atoms with Crippen molar-refractivity contribution in [3.63, 3.8) is 0 Å². The molecule has 2 amide bonds. The summed E-state index contributed by atoms with van der Waals surface area (Å²) in [4.78, 5) is 27.3. The summed E-state index contributed by atoms with van der Waals surface area (Å²) < 4.78 is 0. The third-order valence-electron chi connectivity index (χ3n) is 3.39. The Morgan fingerprint density at radius 3 is 2.27 bits per heavy atom. The molecule has 0 atom stereocenters. The number of anilines is 1. The molecule has 0 unspecified atom stereocenters. The minimum absolute atomic E-state index is 0.0166. The van der Waals surface area contributed by atoms with Crippen LogP contribution in [0.4, 0.5) is 5.69 Å². The van der Waals surface area contributed by atoms with Crippen molar-refractivity contribution in [2.45, 2.75) is 26.7 Å². The first kappa shape index (κ1) is 18.2. The lowest BCUT2D eigenvalue weighted by Gasteiger charge is -2.21. The van der Waals surface area contributed by atoms with Crippen molar-refractivity contribution < 1.29 is 9.59 Å². The van der Waals surface area contributed by atoms with Gasteiger partial charge in [0.2, 0.25) is 11.8 Å². The van der Waals surface area contributed by atoms with Gasteiger partial charge in [-0.25, -0.2) is 0 Å². The number of nitrogens with zero attached hydrogens (tertiary/aromatic N) is 2. The maximum Gasteiger partial charge on any atom is 0.223 e. The second-order valence-electron chi connectivity index (χ2n) is 5.76. The van der Waals surface area contributed by atoms with Gasteiger partial charge in [-0.2, -0.15) is 0 Å². The summed E-state index contributed by atoms with van der Waals surface area (Å²) in [7, 11) is 4.02. The number of nitrogens with one attached hydrogen (secondary N) is 1. The van der Waals surface area contributed by atoms with Crippen LogP contribution in [0, 0.1) is 6.92 Å². The van der Waals surface area contributed by atoms with Crippen molar-refractivity contribution in [2.24, 2.45) is 0 Å². The van der Waals surface area contributed by atoms with Crippen molar-refractivity contribution in [2.75, 3.05) is 38.6 Å². The average Bonchev–Trinajstić information content (AvgIpc) is 2.45. The highest BCUT2D eigenvalue weighted by atomic mass is 16.2. The summed E-state index contributed by atoms with van der Waals surface area (Å²) in [6.07, 6.45) is 1.24. The molecule has 0 bridgehead atoms. The fraction of sp³-hybridized carbons (Fsp3) is 0.529. The van der Waals surface area contributed by atoms with Gasteiger partial charge in [0.25, 0.3) is 0 Å². The third kappa shape index (κ3) is 6.72. The van der Waals surface area contributed by atoms with Gasteiger partial charge in [0.1, 0.15) is 0 Å². The average molecular weight is 305 g/mol. The summed E-state index contributed by atoms with van der Waals surface area (Å²) in [6, 6.07) is 7.75. The van der Waals surface area contributed by atoms with Crippen molar-refractivity contribution >= 4 is 17.5 Å². The van der Waals surface area contributed by atoms with Crippen molar-refractivity contribution in [3.8, 4) is 0 Å². The highest BCUT2D eigenvalue weighted by Gasteiger charge is 2.13. The van der Waals surface area contributed by atoms with E-state index in [1.807, 2.05) is 45.3 Å². The van der Waals surface area contributed by atoms with Gasteiger partial charge in [-0.1, -0.05) is 17.7 Å². The Kier molecular flexibility index (Phi) is 7.60. The fourth-order valence-electron chi connectivity index (χ4n) is 2.12. The lowest BCUT2D eigenvalue weighted by Crippen LogP contribution is -2.34. The second kappa shape index (κ2) is 9.20. The summed E-state index contributed by atoms with van der Waals surface area (Å²) in [6.45, 7) is 5.54. The summed E-state index contributed by atoms with van der Waals surface area (Å²) >= 11 is 0. The highest BCUT2D eigenvalue weighted by molar-refractivity contribution is 5.92. The number of rotatable bonds is 8. The second-order valence-corrected chi connectivity index (χ2v) is 5.76. The molecule has 1 rings (SSSR count). The number of carbonyl (C=O) groups is 2. The summed E-state index contributed by atoms with van der Waals surface area (Å²) in [5.41, 5.74) is 1.98. The molecule has 122 valence electrons. The van der Waals surface area contributed by atoms with E-state index in [0.29, 0.717) is 19.5 Å². The van der Waals surface area contributed by atoms with E-state index in [-0.39, 0.29) is 11.8 Å². The van der Waals surface area contributed by atoms with Gasteiger partial charge in [-0.3, -0.25) is 9.59 Å². The first-order valence-corrected chi connectivity index (χ1v) is 7.66. The molecule has 0 saturated heterocycles. The van der Waals surface area contributed by atoms with Crippen LogP contribution in [-0.2, 0) is 9.59 Å². The predicted molar refractivity (Wildman–Crippen MR) is 90.0 cm³/mol. The van der Waals surface area contributed by atoms with Gasteiger partial charge in [-0.15, -0.1) is 0 Å². The molecule has 22 heavy (non-hydrogen) atoms. The molecule has 1 N–H and O–H groups in total. The van der Waals surface area contributed by atoms with Crippen LogP contribution in [-0.4, -0.2) is 50.4 Å². The Hall–Kier alpha value is -1.88. The zero-order valence-corrected chi connectivity index (χ0v) is 14.1. The zero-order valence-electron chi connectivity index (χ0n) is 14.1. The zero-order chi connectivity index (χ0) is 16.5. The summed E-state index contributed by atoms with van der Waals surface area (Å²) in [5, 5.41) is 2.89. The lowest BCUT2D eigenvalue weighted by molar-refractivity contribution is -0.121. The van der Waals surface area contributed by atoms with Crippen LogP contribution in [0.5, 0.6) is 0 Å². The minimum atomic E-state index is -0.0516. The van der Waals surface area contributed by atoms with Gasteiger partial charge < -0.3 is 15.1 Å². The van der Waals surface area contributed by atoms with Crippen LogP contribution in [0.15, 0.2) is 24.3 Å². The molecule has 0 fully saturated rings. The molecular formula is C17H27N3O2. The number of benzene rings is 1. The SMILES string of the molecule is CC(=O)N(CCC(=O)NCCCN(C)C)c1ccc(C)cc1. The lowest BCUT2D eigenvalue weighted by atomic mass is 10.2. The van der Waals surface area contributed by atoms with Crippen molar-refractivity contribution in [1.82, 2.24) is 10.2 Å². The van der Waals surface area contributed by atoms with E-state index in [1.54, 1.807) is 4.90 Å². The Labute approximate surface area is 133 Å². The van der Waals surface area contributed by atoms with Crippen molar-refractivity contribution in [3.05, 3.63) is 29.8 Å². The topological polar surface area (TPSA) is 52.7 Å². The highest BCUT2D eigenvalue weighted by Crippen LogP contribution is 2.15. The van der Waals surface area contributed by atoms with Crippen LogP contribution in [0.3, 0.4) is 0 Å². The van der Waals surface area contributed by atoms with Gasteiger partial charge in [0, 0.05) is 32.1 Å². The quantitative estimate of drug-likeness (QED) is 0.745. The van der Waals surface area contributed by atoms with E-state index in [2.05, 4.69) is 10.2 Å². The molecule has 5 nitrogen and oxygen atoms in total. The molecule has 1 aromatic rings. The van der Waals surface area contributed by atoms with Crippen molar-refractivity contribution in [1.29, 1.82) is 0 Å². The first-order valence-electron chi connectivity index (χ1n) is 7.66. The monoisotopic (exact) mass is 305 g/mol. The van der Waals surface area contributed by atoms with Gasteiger partial charge in [0.05, 0.1) is 0 Å². The van der Waals surface area contributed by atoms with Gasteiger partial charge in [-0.05, 0) is 46.1 Å². The van der Waals surface area contributed by atoms with E-state index in [0.717, 1.165) is 24.2 Å². The maximum atomic E-state index is 11.8. The molecular weight excluding hydrogens is 278 g/mol. The van der Waals surface area contributed by atoms with E-state index in [4.69, 9.17) is 0 Å². The maximum absolute atomic E-state index is 11.8. The molecule has 5 heteroatoms. The number of aryl methyl sites for hydroxylation is 1.